The summed E-state index contributed by atoms with van der Waals surface area (Å²) in [4.78, 5) is 11.8. The lowest BCUT2D eigenvalue weighted by Gasteiger charge is -2.11. The second-order valence-electron chi connectivity index (χ2n) is 5.39. The first kappa shape index (κ1) is 14.1. The lowest BCUT2D eigenvalue weighted by atomic mass is 10.1. The van der Waals surface area contributed by atoms with E-state index in [9.17, 15) is 4.79 Å². The second kappa shape index (κ2) is 7.29. The van der Waals surface area contributed by atoms with Crippen LogP contribution in [-0.4, -0.2) is 18.5 Å². The third kappa shape index (κ3) is 4.35. The molecule has 2 rings (SSSR count). The van der Waals surface area contributed by atoms with Crippen molar-refractivity contribution in [3.05, 3.63) is 35.4 Å². The van der Waals surface area contributed by atoms with E-state index < -0.39 is 0 Å². The van der Waals surface area contributed by atoms with Crippen molar-refractivity contribution in [1.82, 2.24) is 5.32 Å². The van der Waals surface area contributed by atoms with Gasteiger partial charge in [0.15, 0.2) is 0 Å². The molecule has 3 nitrogen and oxygen atoms in total. The zero-order chi connectivity index (χ0) is 13.5. The highest BCUT2D eigenvalue weighted by Crippen LogP contribution is 2.21. The van der Waals surface area contributed by atoms with Crippen LogP contribution in [0.4, 0.5) is 0 Å². The second-order valence-corrected chi connectivity index (χ2v) is 5.39. The minimum atomic E-state index is 0.200. The molecule has 0 spiro atoms. The Labute approximate surface area is 115 Å². The van der Waals surface area contributed by atoms with E-state index in [1.165, 1.54) is 11.1 Å². The topological polar surface area (TPSA) is 55.1 Å². The average Bonchev–Trinajstić information content (AvgIpc) is 2.80. The molecule has 0 saturated carbocycles. The highest BCUT2D eigenvalue weighted by molar-refractivity contribution is 5.76. The summed E-state index contributed by atoms with van der Waals surface area (Å²) in [5.74, 6) is 0.200. The van der Waals surface area contributed by atoms with Crippen LogP contribution in [0.5, 0.6) is 0 Å². The van der Waals surface area contributed by atoms with Gasteiger partial charge in [0.1, 0.15) is 0 Å². The summed E-state index contributed by atoms with van der Waals surface area (Å²) < 4.78 is 0. The van der Waals surface area contributed by atoms with Crippen LogP contribution < -0.4 is 11.1 Å². The summed E-state index contributed by atoms with van der Waals surface area (Å²) in [6.07, 6.45) is 6.90. The number of unbranched alkanes of at least 4 members (excludes halogenated alkanes) is 3. The molecule has 3 N–H and O–H groups in total. The number of rotatable bonds is 7. The van der Waals surface area contributed by atoms with Gasteiger partial charge in [-0.15, -0.1) is 0 Å². The van der Waals surface area contributed by atoms with E-state index in [4.69, 9.17) is 5.73 Å². The first-order valence-corrected chi connectivity index (χ1v) is 7.36. The van der Waals surface area contributed by atoms with Crippen LogP contribution in [-0.2, 0) is 17.6 Å². The van der Waals surface area contributed by atoms with Crippen LogP contribution in [0, 0.1) is 0 Å². The molecule has 1 aromatic carbocycles. The van der Waals surface area contributed by atoms with Crippen molar-refractivity contribution >= 4 is 5.91 Å². The van der Waals surface area contributed by atoms with E-state index in [1.807, 2.05) is 0 Å². The number of nitrogens with two attached hydrogens (primary N) is 1. The molecule has 0 aliphatic heterocycles. The molecule has 0 aromatic heterocycles. The Morgan fingerprint density at radius 3 is 2.37 bits per heavy atom. The van der Waals surface area contributed by atoms with Gasteiger partial charge in [-0.3, -0.25) is 4.79 Å². The summed E-state index contributed by atoms with van der Waals surface area (Å²) in [5.41, 5.74) is 8.21. The molecule has 104 valence electrons. The Morgan fingerprint density at radius 1 is 1.11 bits per heavy atom. The van der Waals surface area contributed by atoms with Crippen LogP contribution in [0.15, 0.2) is 24.3 Å². The summed E-state index contributed by atoms with van der Waals surface area (Å²) in [6.45, 7) is 0.756. The minimum absolute atomic E-state index is 0.200. The summed E-state index contributed by atoms with van der Waals surface area (Å²) >= 11 is 0. The van der Waals surface area contributed by atoms with Crippen molar-refractivity contribution in [2.75, 3.05) is 6.54 Å². The van der Waals surface area contributed by atoms with Gasteiger partial charge in [0.2, 0.25) is 5.91 Å². The Bertz CT molecular complexity index is 392. The van der Waals surface area contributed by atoms with Crippen molar-refractivity contribution in [3.8, 4) is 0 Å². The Balaban J connectivity index is 1.65. The Kier molecular flexibility index (Phi) is 5.40. The molecular weight excluding hydrogens is 236 g/mol. The Hall–Kier alpha value is -1.35. The van der Waals surface area contributed by atoms with Crippen molar-refractivity contribution < 1.29 is 4.79 Å². The van der Waals surface area contributed by atoms with Crippen LogP contribution in [0.25, 0.3) is 0 Å². The van der Waals surface area contributed by atoms with E-state index in [0.29, 0.717) is 12.5 Å². The van der Waals surface area contributed by atoms with Crippen LogP contribution >= 0.6 is 0 Å². The van der Waals surface area contributed by atoms with Gasteiger partial charge in [0.25, 0.3) is 0 Å². The quantitative estimate of drug-likeness (QED) is 0.738. The van der Waals surface area contributed by atoms with Gasteiger partial charge >= 0.3 is 0 Å². The van der Waals surface area contributed by atoms with Crippen molar-refractivity contribution in [3.63, 3.8) is 0 Å². The van der Waals surface area contributed by atoms with Crippen LogP contribution in [0.1, 0.15) is 43.2 Å². The third-order valence-electron chi connectivity index (χ3n) is 3.77. The fraction of sp³-hybridized carbons (Fsp3) is 0.562. The normalized spacial score (nSPS) is 14.4. The van der Waals surface area contributed by atoms with Crippen molar-refractivity contribution in [1.29, 1.82) is 0 Å². The molecule has 19 heavy (non-hydrogen) atoms. The molecule has 1 aliphatic rings. The van der Waals surface area contributed by atoms with E-state index in [1.54, 1.807) is 0 Å². The summed E-state index contributed by atoms with van der Waals surface area (Å²) in [6, 6.07) is 8.76. The molecule has 0 heterocycles. The monoisotopic (exact) mass is 260 g/mol. The molecule has 0 saturated heterocycles. The predicted molar refractivity (Wildman–Crippen MR) is 77.9 cm³/mol. The zero-order valence-electron chi connectivity index (χ0n) is 11.5. The number of carbonyl (C=O) groups excluding carboxylic acids is 1. The van der Waals surface area contributed by atoms with Gasteiger partial charge < -0.3 is 11.1 Å². The van der Waals surface area contributed by atoms with Gasteiger partial charge in [0, 0.05) is 12.5 Å². The molecule has 0 atom stereocenters. The summed E-state index contributed by atoms with van der Waals surface area (Å²) in [5, 5.41) is 3.15. The summed E-state index contributed by atoms with van der Waals surface area (Å²) in [7, 11) is 0. The van der Waals surface area contributed by atoms with E-state index in [2.05, 4.69) is 29.6 Å². The molecule has 1 amide bonds. The maximum absolute atomic E-state index is 11.8. The smallest absolute Gasteiger partial charge is 0.220 e. The first-order valence-electron chi connectivity index (χ1n) is 7.36. The zero-order valence-corrected chi connectivity index (χ0v) is 11.5. The molecule has 1 aliphatic carbocycles. The number of hydrogen-bond donors (Lipinski definition) is 2. The lowest BCUT2D eigenvalue weighted by Crippen LogP contribution is -2.35. The third-order valence-corrected chi connectivity index (χ3v) is 3.77. The molecule has 0 unspecified atom stereocenters. The van der Waals surface area contributed by atoms with Crippen molar-refractivity contribution in [2.24, 2.45) is 5.73 Å². The number of nitrogens with one attached hydrogen (secondary N) is 1. The molecule has 1 aromatic rings. The van der Waals surface area contributed by atoms with Gasteiger partial charge in [-0.2, -0.15) is 0 Å². The fourth-order valence-corrected chi connectivity index (χ4v) is 2.74. The molecule has 0 radical (unpaired) electrons. The number of hydrogen-bond acceptors (Lipinski definition) is 2. The lowest BCUT2D eigenvalue weighted by molar-refractivity contribution is -0.121. The number of benzene rings is 1. The van der Waals surface area contributed by atoms with Gasteiger partial charge in [-0.05, 0) is 43.4 Å². The number of carbonyl (C=O) groups is 1. The Morgan fingerprint density at radius 2 is 1.74 bits per heavy atom. The van der Waals surface area contributed by atoms with Gasteiger partial charge in [0.05, 0.1) is 0 Å². The van der Waals surface area contributed by atoms with E-state index >= 15 is 0 Å². The van der Waals surface area contributed by atoms with E-state index in [-0.39, 0.29) is 5.91 Å². The first-order chi connectivity index (χ1) is 9.29. The number of amides is 1. The largest absolute Gasteiger partial charge is 0.353 e. The van der Waals surface area contributed by atoms with Crippen LogP contribution in [0.3, 0.4) is 0 Å². The number of fused-ring (bicyclic) bond motifs is 1. The molecule has 3 heteroatoms. The van der Waals surface area contributed by atoms with Crippen LogP contribution in [0.2, 0.25) is 0 Å². The van der Waals surface area contributed by atoms with Gasteiger partial charge in [-0.1, -0.05) is 37.1 Å². The van der Waals surface area contributed by atoms with E-state index in [0.717, 1.165) is 45.1 Å². The molecule has 0 bridgehead atoms. The highest BCUT2D eigenvalue weighted by Gasteiger charge is 2.21. The average molecular weight is 260 g/mol. The minimum Gasteiger partial charge on any atom is -0.353 e. The highest BCUT2D eigenvalue weighted by atomic mass is 16.1. The molecule has 0 fully saturated rings. The SMILES string of the molecule is NCCCCCCC(=O)NC1Cc2ccccc2C1. The fourth-order valence-electron chi connectivity index (χ4n) is 2.74. The molecular formula is C16H24N2O. The standard InChI is InChI=1S/C16H24N2O/c17-10-6-2-1-3-9-16(19)18-15-11-13-7-4-5-8-14(13)12-15/h4-5,7-8,15H,1-3,6,9-12,17H2,(H,18,19). The van der Waals surface area contributed by atoms with Crippen molar-refractivity contribution in [2.45, 2.75) is 51.0 Å². The maximum atomic E-state index is 11.8. The maximum Gasteiger partial charge on any atom is 0.220 e. The van der Waals surface area contributed by atoms with Gasteiger partial charge in [-0.25, -0.2) is 0 Å². The predicted octanol–water partition coefficient (Wildman–Crippen LogP) is 2.18.